The minimum atomic E-state index is -0.597. The SMILES string of the molecule is Cc1[nH]cc(C#N)c1-c1ccc(Cl)cc1C(=O)c1ccccc1F. The summed E-state index contributed by atoms with van der Waals surface area (Å²) < 4.78 is 14.0. The lowest BCUT2D eigenvalue weighted by Gasteiger charge is -2.11. The molecule has 0 radical (unpaired) electrons. The summed E-state index contributed by atoms with van der Waals surface area (Å²) in [6, 6.07) is 12.7. The summed E-state index contributed by atoms with van der Waals surface area (Å²) in [5, 5.41) is 9.66. The van der Waals surface area contributed by atoms with E-state index in [0.717, 1.165) is 5.69 Å². The highest BCUT2D eigenvalue weighted by Crippen LogP contribution is 2.33. The maximum atomic E-state index is 14.0. The van der Waals surface area contributed by atoms with Crippen LogP contribution in [0.25, 0.3) is 11.1 Å². The Bertz CT molecular complexity index is 985. The average molecular weight is 339 g/mol. The molecule has 0 amide bonds. The van der Waals surface area contributed by atoms with Gasteiger partial charge in [-0.05, 0) is 36.8 Å². The highest BCUT2D eigenvalue weighted by atomic mass is 35.5. The van der Waals surface area contributed by atoms with Gasteiger partial charge in [0.2, 0.25) is 0 Å². The number of aryl methyl sites for hydroxylation is 1. The van der Waals surface area contributed by atoms with Crippen LogP contribution in [0, 0.1) is 24.1 Å². The van der Waals surface area contributed by atoms with Crippen molar-refractivity contribution in [3.05, 3.63) is 81.9 Å². The lowest BCUT2D eigenvalue weighted by Crippen LogP contribution is -2.06. The minimum Gasteiger partial charge on any atom is -0.363 e. The van der Waals surface area contributed by atoms with Crippen molar-refractivity contribution in [3.63, 3.8) is 0 Å². The summed E-state index contributed by atoms with van der Waals surface area (Å²) in [6.45, 7) is 1.81. The average Bonchev–Trinajstić information content (AvgIpc) is 2.95. The topological polar surface area (TPSA) is 56.6 Å². The Morgan fingerprint density at radius 3 is 2.67 bits per heavy atom. The monoisotopic (exact) mass is 338 g/mol. The Morgan fingerprint density at radius 2 is 1.96 bits per heavy atom. The summed E-state index contributed by atoms with van der Waals surface area (Å²) in [4.78, 5) is 15.8. The second-order valence-electron chi connectivity index (χ2n) is 5.31. The molecule has 0 aliphatic rings. The maximum absolute atomic E-state index is 14.0. The van der Waals surface area contributed by atoms with Gasteiger partial charge in [-0.1, -0.05) is 29.8 Å². The third kappa shape index (κ3) is 2.70. The predicted molar refractivity (Wildman–Crippen MR) is 90.5 cm³/mol. The van der Waals surface area contributed by atoms with Crippen LogP contribution >= 0.6 is 11.6 Å². The highest BCUT2D eigenvalue weighted by Gasteiger charge is 2.21. The third-order valence-electron chi connectivity index (χ3n) is 3.81. The molecule has 0 saturated heterocycles. The molecule has 0 unspecified atom stereocenters. The van der Waals surface area contributed by atoms with E-state index < -0.39 is 11.6 Å². The number of hydrogen-bond donors (Lipinski definition) is 1. The second kappa shape index (κ2) is 6.31. The van der Waals surface area contributed by atoms with Crippen LogP contribution in [0.1, 0.15) is 27.2 Å². The summed E-state index contributed by atoms with van der Waals surface area (Å²) in [5.74, 6) is -1.07. The quantitative estimate of drug-likeness (QED) is 0.691. The van der Waals surface area contributed by atoms with Crippen molar-refractivity contribution in [2.75, 3.05) is 0 Å². The normalized spacial score (nSPS) is 10.4. The van der Waals surface area contributed by atoms with Gasteiger partial charge < -0.3 is 4.98 Å². The number of carbonyl (C=O) groups excluding carboxylic acids is 1. The van der Waals surface area contributed by atoms with E-state index >= 15 is 0 Å². The van der Waals surface area contributed by atoms with Crippen molar-refractivity contribution in [1.29, 1.82) is 5.26 Å². The van der Waals surface area contributed by atoms with Gasteiger partial charge in [-0.3, -0.25) is 4.79 Å². The largest absolute Gasteiger partial charge is 0.363 e. The second-order valence-corrected chi connectivity index (χ2v) is 5.75. The van der Waals surface area contributed by atoms with E-state index in [0.29, 0.717) is 21.7 Å². The summed E-state index contributed by atoms with van der Waals surface area (Å²) in [6.07, 6.45) is 1.58. The molecule has 0 aliphatic carbocycles. The van der Waals surface area contributed by atoms with Crippen molar-refractivity contribution < 1.29 is 9.18 Å². The molecule has 3 aromatic rings. The van der Waals surface area contributed by atoms with Crippen molar-refractivity contribution in [1.82, 2.24) is 4.98 Å². The molecule has 0 bridgehead atoms. The number of aromatic amines is 1. The Kier molecular flexibility index (Phi) is 4.20. The van der Waals surface area contributed by atoms with E-state index in [1.807, 2.05) is 6.92 Å². The Balaban J connectivity index is 2.25. The van der Waals surface area contributed by atoms with Crippen LogP contribution in [-0.4, -0.2) is 10.8 Å². The van der Waals surface area contributed by atoms with Crippen LogP contribution in [0.2, 0.25) is 5.02 Å². The fourth-order valence-electron chi connectivity index (χ4n) is 2.67. The molecule has 0 fully saturated rings. The zero-order valence-electron chi connectivity index (χ0n) is 12.7. The van der Waals surface area contributed by atoms with Crippen molar-refractivity contribution in [3.8, 4) is 17.2 Å². The van der Waals surface area contributed by atoms with Crippen LogP contribution in [0.4, 0.5) is 4.39 Å². The third-order valence-corrected chi connectivity index (χ3v) is 4.05. The molecule has 0 spiro atoms. The summed E-state index contributed by atoms with van der Waals surface area (Å²) in [5.41, 5.74) is 2.55. The van der Waals surface area contributed by atoms with Gasteiger partial charge in [0.1, 0.15) is 11.9 Å². The molecule has 0 saturated carbocycles. The first kappa shape index (κ1) is 16.0. The first-order chi connectivity index (χ1) is 11.5. The minimum absolute atomic E-state index is 0.0345. The number of benzene rings is 2. The van der Waals surface area contributed by atoms with Gasteiger partial charge in [-0.2, -0.15) is 5.26 Å². The number of hydrogen-bond acceptors (Lipinski definition) is 2. The van der Waals surface area contributed by atoms with Gasteiger partial charge >= 0.3 is 0 Å². The number of carbonyl (C=O) groups is 1. The van der Waals surface area contributed by atoms with E-state index in [2.05, 4.69) is 11.1 Å². The molecule has 1 N–H and O–H groups in total. The number of aromatic nitrogens is 1. The molecule has 24 heavy (non-hydrogen) atoms. The standard InChI is InChI=1S/C19H12ClFN2O/c1-11-18(12(9-22)10-23-11)14-7-6-13(20)8-16(14)19(24)15-4-2-3-5-17(15)21/h2-8,10,23H,1H3. The number of nitriles is 1. The van der Waals surface area contributed by atoms with Crippen LogP contribution in [-0.2, 0) is 0 Å². The van der Waals surface area contributed by atoms with E-state index in [9.17, 15) is 14.4 Å². The molecule has 5 heteroatoms. The molecular weight excluding hydrogens is 327 g/mol. The van der Waals surface area contributed by atoms with Crippen LogP contribution in [0.5, 0.6) is 0 Å². The van der Waals surface area contributed by atoms with Crippen LogP contribution < -0.4 is 0 Å². The number of H-pyrrole nitrogens is 1. The van der Waals surface area contributed by atoms with Gasteiger partial charge in [0, 0.05) is 28.0 Å². The smallest absolute Gasteiger partial charge is 0.196 e. The fraction of sp³-hybridized carbons (Fsp3) is 0.0526. The molecule has 1 heterocycles. The van der Waals surface area contributed by atoms with Crippen molar-refractivity contribution in [2.45, 2.75) is 6.92 Å². The Labute approximate surface area is 143 Å². The van der Waals surface area contributed by atoms with E-state index in [4.69, 9.17) is 11.6 Å². The molecule has 0 atom stereocenters. The summed E-state index contributed by atoms with van der Waals surface area (Å²) in [7, 11) is 0. The first-order valence-electron chi connectivity index (χ1n) is 7.20. The van der Waals surface area contributed by atoms with Gasteiger partial charge in [0.25, 0.3) is 0 Å². The van der Waals surface area contributed by atoms with E-state index in [-0.39, 0.29) is 11.1 Å². The van der Waals surface area contributed by atoms with Gasteiger partial charge in [-0.25, -0.2) is 4.39 Å². The number of halogens is 2. The van der Waals surface area contributed by atoms with Gasteiger partial charge in [0.15, 0.2) is 5.78 Å². The number of nitrogens with zero attached hydrogens (tertiary/aromatic N) is 1. The number of rotatable bonds is 3. The lowest BCUT2D eigenvalue weighted by atomic mass is 9.92. The Hall–Kier alpha value is -2.90. The van der Waals surface area contributed by atoms with Crippen LogP contribution in [0.3, 0.4) is 0 Å². The van der Waals surface area contributed by atoms with Crippen molar-refractivity contribution in [2.24, 2.45) is 0 Å². The molecule has 0 aliphatic heterocycles. The molecule has 1 aromatic heterocycles. The Morgan fingerprint density at radius 1 is 1.21 bits per heavy atom. The van der Waals surface area contributed by atoms with E-state index in [1.165, 1.54) is 24.3 Å². The fourth-order valence-corrected chi connectivity index (χ4v) is 2.85. The predicted octanol–water partition coefficient (Wildman–Crippen LogP) is 4.89. The highest BCUT2D eigenvalue weighted by molar-refractivity contribution is 6.31. The lowest BCUT2D eigenvalue weighted by molar-refractivity contribution is 0.103. The van der Waals surface area contributed by atoms with Crippen LogP contribution in [0.15, 0.2) is 48.7 Å². The zero-order valence-corrected chi connectivity index (χ0v) is 13.5. The number of nitrogens with one attached hydrogen (secondary N) is 1. The van der Waals surface area contributed by atoms with Gasteiger partial charge in [-0.15, -0.1) is 0 Å². The molecular formula is C19H12ClFN2O. The molecule has 2 aromatic carbocycles. The number of ketones is 1. The van der Waals surface area contributed by atoms with E-state index in [1.54, 1.807) is 24.4 Å². The molecule has 118 valence electrons. The first-order valence-corrected chi connectivity index (χ1v) is 7.58. The molecule has 3 rings (SSSR count). The maximum Gasteiger partial charge on any atom is 0.196 e. The summed E-state index contributed by atoms with van der Waals surface area (Å²) >= 11 is 6.04. The van der Waals surface area contributed by atoms with Crippen molar-refractivity contribution >= 4 is 17.4 Å². The zero-order chi connectivity index (χ0) is 17.3. The molecule has 3 nitrogen and oxygen atoms in total. The van der Waals surface area contributed by atoms with Gasteiger partial charge in [0.05, 0.1) is 11.1 Å².